The summed E-state index contributed by atoms with van der Waals surface area (Å²) in [5, 5.41) is 11.2. The molecule has 80 heavy (non-hydrogen) atoms. The molecule has 1 aliphatic carbocycles. The molecule has 3 atom stereocenters. The minimum absolute atomic E-state index is 0.00941. The van der Waals surface area contributed by atoms with Gasteiger partial charge in [-0.25, -0.2) is 4.98 Å². The summed E-state index contributed by atoms with van der Waals surface area (Å²) in [4.78, 5) is 66.6. The Labute approximate surface area is 475 Å². The van der Waals surface area contributed by atoms with Crippen molar-refractivity contribution in [2.24, 2.45) is 5.92 Å². The van der Waals surface area contributed by atoms with Crippen molar-refractivity contribution in [3.63, 3.8) is 0 Å². The lowest BCUT2D eigenvalue weighted by Crippen LogP contribution is -2.55. The van der Waals surface area contributed by atoms with Crippen LogP contribution >= 0.6 is 11.3 Å². The largest absolute Gasteiger partial charge is 0.491 e. The topological polar surface area (TPSA) is 174 Å². The summed E-state index contributed by atoms with van der Waals surface area (Å²) in [6.07, 6.45) is 9.40. The van der Waals surface area contributed by atoms with Gasteiger partial charge in [-0.1, -0.05) is 55.7 Å². The van der Waals surface area contributed by atoms with Crippen molar-refractivity contribution in [2.75, 3.05) is 78.4 Å². The minimum Gasteiger partial charge on any atom is -0.491 e. The number of carbonyl (C=O) groups excluding carboxylic acids is 3. The van der Waals surface area contributed by atoms with Gasteiger partial charge in [0, 0.05) is 78.1 Å². The van der Waals surface area contributed by atoms with E-state index in [2.05, 4.69) is 57.2 Å². The number of amides is 2. The molecule has 3 aliphatic rings. The lowest BCUT2D eigenvalue weighted by Gasteiger charge is -2.35. The van der Waals surface area contributed by atoms with Crippen LogP contribution in [-0.2, 0) is 30.2 Å². The van der Waals surface area contributed by atoms with Crippen LogP contribution in [0.3, 0.4) is 0 Å². The zero-order valence-electron chi connectivity index (χ0n) is 47.5. The monoisotopic (exact) mass is 1110 g/mol. The van der Waals surface area contributed by atoms with Gasteiger partial charge >= 0.3 is 0 Å². The van der Waals surface area contributed by atoms with E-state index in [0.717, 1.165) is 124 Å². The molecule has 16 heteroatoms. The third-order valence-corrected chi connectivity index (χ3v) is 17.4. The Hall–Kier alpha value is -6.43. The average molecular weight is 1110 g/mol. The number of aryl methyl sites for hydroxylation is 2. The molecular formula is C64H80N6O9S. The van der Waals surface area contributed by atoms with Gasteiger partial charge in [-0.15, -0.1) is 11.3 Å². The first kappa shape index (κ1) is 58.2. The number of likely N-dealkylation sites (tertiary alicyclic amines) is 1. The van der Waals surface area contributed by atoms with Gasteiger partial charge in [0.25, 0.3) is 5.56 Å². The molecule has 426 valence electrons. The van der Waals surface area contributed by atoms with Crippen LogP contribution in [0.15, 0.2) is 89.0 Å². The first-order valence-electron chi connectivity index (χ1n) is 28.8. The Bertz CT molecular complexity index is 3130. The average Bonchev–Trinajstić information content (AvgIpc) is 4.19. The maximum absolute atomic E-state index is 14.4. The lowest BCUT2D eigenvalue weighted by molar-refractivity contribution is -0.139. The van der Waals surface area contributed by atoms with Crippen molar-refractivity contribution in [1.82, 2.24) is 25.5 Å². The van der Waals surface area contributed by atoms with Crippen LogP contribution in [0, 0.1) is 26.7 Å². The summed E-state index contributed by atoms with van der Waals surface area (Å²) in [6.45, 7) is 12.1. The summed E-state index contributed by atoms with van der Waals surface area (Å²) in [6, 6.07) is 25.5. The Balaban J connectivity index is 0.735. The predicted molar refractivity (Wildman–Crippen MR) is 316 cm³/mol. The highest BCUT2D eigenvalue weighted by molar-refractivity contribution is 7.10. The number of hydrogen-bond acceptors (Lipinski definition) is 13. The van der Waals surface area contributed by atoms with Gasteiger partial charge < -0.3 is 49.1 Å². The molecule has 0 bridgehead atoms. The molecule has 0 radical (unpaired) electrons. The highest BCUT2D eigenvalue weighted by atomic mass is 32.1. The molecule has 3 N–H and O–H groups in total. The van der Waals surface area contributed by atoms with Crippen LogP contribution in [0.5, 0.6) is 11.5 Å². The molecule has 0 unspecified atom stereocenters. The number of rotatable bonds is 25. The van der Waals surface area contributed by atoms with Crippen LogP contribution in [0.25, 0.3) is 33.2 Å². The van der Waals surface area contributed by atoms with E-state index in [1.165, 1.54) is 6.42 Å². The van der Waals surface area contributed by atoms with Crippen LogP contribution in [0.2, 0.25) is 0 Å². The van der Waals surface area contributed by atoms with Crippen LogP contribution in [-0.4, -0.2) is 124 Å². The number of pyridine rings is 1. The predicted octanol–water partition coefficient (Wildman–Crippen LogP) is 10.5. The second-order valence-electron chi connectivity index (χ2n) is 21.7. The number of aromatic nitrogens is 2. The van der Waals surface area contributed by atoms with E-state index < -0.39 is 6.04 Å². The van der Waals surface area contributed by atoms with Crippen molar-refractivity contribution in [2.45, 2.75) is 122 Å². The van der Waals surface area contributed by atoms with Crippen LogP contribution < -0.4 is 30.6 Å². The molecule has 6 aromatic rings. The molecule has 3 fully saturated rings. The zero-order chi connectivity index (χ0) is 56.1. The standard InChI is InChI=1S/C64H80N6O9S/c1-41-37-42(2)66-62(73)50(41)22-24-58(71)54-38-47(39-57(43(54)3)69(6)48-26-29-75-30-27-48)45-18-20-49(21-19-45)78-35-33-76-31-32-77-34-36-79-59-25-23-52(51-15-10-11-16-53(51)59)55-40-80-63(67-55)56-17-12-28-70(56)64(74)60(46-13-8-7-9-14-46)68-61(72)44(4)65-5/h10-11,15-16,18-21,23,25,37-40,44,46,48,56,60,65H,7-9,12-14,17,22,24,26-36H2,1-6H3,(H,66,73)(H,68,72)/t44-,56-,60-/m0/s1. The highest BCUT2D eigenvalue weighted by Crippen LogP contribution is 2.41. The summed E-state index contributed by atoms with van der Waals surface area (Å²) in [5.74, 6) is 1.50. The third kappa shape index (κ3) is 14.2. The molecule has 0 spiro atoms. The number of fused-ring (bicyclic) bond motifs is 1. The van der Waals surface area contributed by atoms with E-state index in [0.29, 0.717) is 83.0 Å². The first-order valence-corrected chi connectivity index (χ1v) is 29.7. The number of nitrogens with one attached hydrogen (secondary N) is 3. The van der Waals surface area contributed by atoms with Crippen molar-refractivity contribution in [3.05, 3.63) is 128 Å². The SMILES string of the molecule is CN[C@@H](C)C(=O)N[C@H](C(=O)N1CCC[C@H]1c1nc(-c2ccc(OCCOCCOCCOc3ccc(-c4cc(C(=O)CCc5c(C)cc(C)[nH]c5=O)c(C)c(N(C)C5CCOCC5)c4)cc3)c3ccccc23)cs1)C1CCCCC1. The number of benzene rings is 4. The Morgan fingerprint density at radius 1 is 0.825 bits per heavy atom. The molecule has 15 nitrogen and oxygen atoms in total. The van der Waals surface area contributed by atoms with Crippen molar-refractivity contribution in [1.29, 1.82) is 0 Å². The van der Waals surface area contributed by atoms with Gasteiger partial charge in [-0.05, 0) is 156 Å². The molecule has 4 heterocycles. The van der Waals surface area contributed by atoms with Gasteiger partial charge in [0.15, 0.2) is 5.78 Å². The second-order valence-corrected chi connectivity index (χ2v) is 22.6. The number of thiazole rings is 1. The molecule has 4 aromatic carbocycles. The van der Waals surface area contributed by atoms with E-state index in [9.17, 15) is 19.2 Å². The Kier molecular flexibility index (Phi) is 20.3. The number of H-pyrrole nitrogens is 1. The normalized spacial score (nSPS) is 16.9. The fourth-order valence-electron chi connectivity index (χ4n) is 11.8. The third-order valence-electron chi connectivity index (χ3n) is 16.5. The molecule has 2 saturated heterocycles. The van der Waals surface area contributed by atoms with Crippen LogP contribution in [0.1, 0.15) is 115 Å². The van der Waals surface area contributed by atoms with Gasteiger partial charge in [-0.2, -0.15) is 0 Å². The smallest absolute Gasteiger partial charge is 0.251 e. The lowest BCUT2D eigenvalue weighted by atomic mass is 9.83. The van der Waals surface area contributed by atoms with E-state index in [-0.39, 0.29) is 47.6 Å². The number of likely N-dealkylation sites (N-methyl/N-ethyl adjacent to an activating group) is 1. The molecule has 2 amide bonds. The fourth-order valence-corrected chi connectivity index (χ4v) is 12.7. The summed E-state index contributed by atoms with van der Waals surface area (Å²) >= 11 is 1.59. The Morgan fingerprint density at radius 3 is 2.26 bits per heavy atom. The maximum atomic E-state index is 14.4. The van der Waals surface area contributed by atoms with Gasteiger partial charge in [-0.3, -0.25) is 19.2 Å². The van der Waals surface area contributed by atoms with E-state index in [4.69, 9.17) is 28.7 Å². The van der Waals surface area contributed by atoms with Crippen molar-refractivity contribution >= 4 is 45.4 Å². The highest BCUT2D eigenvalue weighted by Gasteiger charge is 2.40. The van der Waals surface area contributed by atoms with E-state index >= 15 is 0 Å². The number of ketones is 1. The number of hydrogen-bond donors (Lipinski definition) is 3. The molecule has 2 aliphatic heterocycles. The molecule has 1 saturated carbocycles. The summed E-state index contributed by atoms with van der Waals surface area (Å²) in [7, 11) is 3.87. The second kappa shape index (κ2) is 27.8. The van der Waals surface area contributed by atoms with Gasteiger partial charge in [0.2, 0.25) is 11.8 Å². The maximum Gasteiger partial charge on any atom is 0.251 e. The van der Waals surface area contributed by atoms with E-state index in [1.54, 1.807) is 18.4 Å². The van der Waals surface area contributed by atoms with Crippen molar-refractivity contribution < 1.29 is 38.1 Å². The zero-order valence-corrected chi connectivity index (χ0v) is 48.4. The van der Waals surface area contributed by atoms with Gasteiger partial charge in [0.1, 0.15) is 35.8 Å². The molecule has 2 aromatic heterocycles. The first-order chi connectivity index (χ1) is 38.9. The van der Waals surface area contributed by atoms with E-state index in [1.807, 2.05) is 87.2 Å². The van der Waals surface area contributed by atoms with Gasteiger partial charge in [0.05, 0.1) is 44.2 Å². The summed E-state index contributed by atoms with van der Waals surface area (Å²) < 4.78 is 29.7. The molecular weight excluding hydrogens is 1030 g/mol. The number of Topliss-reactive ketones (excluding diaryl/α,β-unsaturated/α-hetero) is 1. The number of ether oxygens (including phenoxy) is 5. The van der Waals surface area contributed by atoms with Crippen molar-refractivity contribution in [3.8, 4) is 33.9 Å². The Morgan fingerprint density at radius 2 is 1.54 bits per heavy atom. The number of carbonyl (C=O) groups is 3. The minimum atomic E-state index is -0.534. The quantitative estimate of drug-likeness (QED) is 0.0366. The molecule has 9 rings (SSSR count). The number of aromatic amines is 1. The summed E-state index contributed by atoms with van der Waals surface area (Å²) in [5.41, 5.74) is 8.63. The number of anilines is 1. The fraction of sp³-hybridized carbons (Fsp3) is 0.484. The van der Waals surface area contributed by atoms with Crippen LogP contribution in [0.4, 0.5) is 5.69 Å². The number of nitrogens with zero attached hydrogens (tertiary/aromatic N) is 3.